The second-order valence-electron chi connectivity index (χ2n) is 5.30. The first-order valence-corrected chi connectivity index (χ1v) is 7.45. The van der Waals surface area contributed by atoms with Gasteiger partial charge in [0.2, 0.25) is 0 Å². The molecule has 1 atom stereocenters. The highest BCUT2D eigenvalue weighted by molar-refractivity contribution is 4.87. The van der Waals surface area contributed by atoms with Crippen LogP contribution in [-0.2, 0) is 13.1 Å². The molecule has 6 heteroatoms. The monoisotopic (exact) mass is 267 g/mol. The summed E-state index contributed by atoms with van der Waals surface area (Å²) in [6.07, 6.45) is 6.71. The molecule has 1 aliphatic heterocycles. The van der Waals surface area contributed by atoms with Crippen LogP contribution >= 0.6 is 0 Å². The van der Waals surface area contributed by atoms with E-state index in [4.69, 9.17) is 5.11 Å². The van der Waals surface area contributed by atoms with E-state index in [-0.39, 0.29) is 0 Å². The maximum absolute atomic E-state index is 8.96. The van der Waals surface area contributed by atoms with E-state index >= 15 is 0 Å². The lowest BCUT2D eigenvalue weighted by molar-refractivity contribution is 0.203. The van der Waals surface area contributed by atoms with E-state index in [1.165, 1.54) is 12.8 Å². The molecule has 2 heterocycles. The highest BCUT2D eigenvalue weighted by Gasteiger charge is 2.25. The van der Waals surface area contributed by atoms with Gasteiger partial charge in [-0.3, -0.25) is 4.90 Å². The summed E-state index contributed by atoms with van der Waals surface area (Å²) in [5, 5.41) is 21.0. The first-order chi connectivity index (χ1) is 9.35. The average molecular weight is 267 g/mol. The van der Waals surface area contributed by atoms with Gasteiger partial charge < -0.3 is 5.11 Å². The largest absolute Gasteiger partial charge is 0.396 e. The Morgan fingerprint density at radius 2 is 2.26 bits per heavy atom. The van der Waals surface area contributed by atoms with Gasteiger partial charge in [0.05, 0.1) is 6.54 Å². The zero-order valence-corrected chi connectivity index (χ0v) is 11.8. The fourth-order valence-corrected chi connectivity index (χ4v) is 2.76. The van der Waals surface area contributed by atoms with Gasteiger partial charge in [-0.1, -0.05) is 13.3 Å². The standard InChI is InChI=1S/C13H25N5O/c1-2-3-9-18-13(14-15-16-18)11-17-8-4-6-12(17)7-5-10-19/h12,19H,2-11H2,1H3. The van der Waals surface area contributed by atoms with Gasteiger partial charge in [-0.15, -0.1) is 5.10 Å². The Hall–Kier alpha value is -1.01. The van der Waals surface area contributed by atoms with Crippen LogP contribution in [0.2, 0.25) is 0 Å². The van der Waals surface area contributed by atoms with Crippen LogP contribution in [0.4, 0.5) is 0 Å². The fourth-order valence-electron chi connectivity index (χ4n) is 2.76. The predicted molar refractivity (Wildman–Crippen MR) is 72.5 cm³/mol. The second-order valence-corrected chi connectivity index (χ2v) is 5.30. The molecule has 0 radical (unpaired) electrons. The van der Waals surface area contributed by atoms with Crippen LogP contribution in [0, 0.1) is 0 Å². The van der Waals surface area contributed by atoms with Crippen LogP contribution in [0.1, 0.15) is 51.3 Å². The van der Waals surface area contributed by atoms with Crippen molar-refractivity contribution in [2.75, 3.05) is 13.2 Å². The number of hydrogen-bond donors (Lipinski definition) is 1. The average Bonchev–Trinajstić information content (AvgIpc) is 3.04. The minimum Gasteiger partial charge on any atom is -0.396 e. The summed E-state index contributed by atoms with van der Waals surface area (Å²) in [6, 6.07) is 0.587. The Morgan fingerprint density at radius 1 is 1.37 bits per heavy atom. The molecule has 0 amide bonds. The Balaban J connectivity index is 1.90. The molecule has 19 heavy (non-hydrogen) atoms. The molecule has 0 aliphatic carbocycles. The number of aromatic nitrogens is 4. The molecule has 2 rings (SSSR count). The lowest BCUT2D eigenvalue weighted by atomic mass is 10.1. The summed E-state index contributed by atoms with van der Waals surface area (Å²) in [7, 11) is 0. The van der Waals surface area contributed by atoms with Gasteiger partial charge in [-0.2, -0.15) is 0 Å². The number of nitrogens with zero attached hydrogens (tertiary/aromatic N) is 5. The van der Waals surface area contributed by atoms with Crippen LogP contribution < -0.4 is 0 Å². The Kier molecular flexibility index (Phi) is 5.72. The number of unbranched alkanes of at least 4 members (excludes halogenated alkanes) is 1. The van der Waals surface area contributed by atoms with Crippen LogP contribution in [-0.4, -0.2) is 49.4 Å². The van der Waals surface area contributed by atoms with Gasteiger partial charge in [0.15, 0.2) is 5.82 Å². The van der Waals surface area contributed by atoms with Crippen molar-refractivity contribution in [1.29, 1.82) is 0 Å². The van der Waals surface area contributed by atoms with Crippen molar-refractivity contribution in [2.45, 2.75) is 64.6 Å². The summed E-state index contributed by atoms with van der Waals surface area (Å²) < 4.78 is 1.94. The lowest BCUT2D eigenvalue weighted by Crippen LogP contribution is -2.30. The van der Waals surface area contributed by atoms with Gasteiger partial charge in [0.1, 0.15) is 0 Å². The van der Waals surface area contributed by atoms with Crippen LogP contribution in [0.25, 0.3) is 0 Å². The van der Waals surface area contributed by atoms with E-state index < -0.39 is 0 Å². The molecule has 1 aromatic heterocycles. The maximum atomic E-state index is 8.96. The summed E-state index contributed by atoms with van der Waals surface area (Å²) in [6.45, 7) is 5.34. The van der Waals surface area contributed by atoms with E-state index in [2.05, 4.69) is 27.3 Å². The van der Waals surface area contributed by atoms with Crippen LogP contribution in [0.5, 0.6) is 0 Å². The minimum absolute atomic E-state index is 0.290. The third kappa shape index (κ3) is 3.98. The summed E-state index contributed by atoms with van der Waals surface area (Å²) in [5.41, 5.74) is 0. The number of aryl methyl sites for hydroxylation is 1. The summed E-state index contributed by atoms with van der Waals surface area (Å²) >= 11 is 0. The van der Waals surface area contributed by atoms with Crippen LogP contribution in [0.15, 0.2) is 0 Å². The number of tetrazole rings is 1. The first-order valence-electron chi connectivity index (χ1n) is 7.45. The van der Waals surface area contributed by atoms with Crippen molar-refractivity contribution in [3.05, 3.63) is 5.82 Å². The molecule has 1 saturated heterocycles. The van der Waals surface area contributed by atoms with E-state index in [1.807, 2.05) is 4.68 Å². The molecule has 108 valence electrons. The molecule has 0 saturated carbocycles. The van der Waals surface area contributed by atoms with Crippen molar-refractivity contribution >= 4 is 0 Å². The molecule has 6 nitrogen and oxygen atoms in total. The smallest absolute Gasteiger partial charge is 0.165 e. The molecule has 1 fully saturated rings. The molecule has 0 spiro atoms. The fraction of sp³-hybridized carbons (Fsp3) is 0.923. The predicted octanol–water partition coefficient (Wildman–Crippen LogP) is 1.21. The molecular formula is C13H25N5O. The van der Waals surface area contributed by atoms with Crippen molar-refractivity contribution in [1.82, 2.24) is 25.1 Å². The van der Waals surface area contributed by atoms with Crippen molar-refractivity contribution in [3.63, 3.8) is 0 Å². The van der Waals surface area contributed by atoms with E-state index in [1.54, 1.807) is 0 Å². The maximum Gasteiger partial charge on any atom is 0.165 e. The van der Waals surface area contributed by atoms with Gasteiger partial charge in [0, 0.05) is 19.2 Å². The number of likely N-dealkylation sites (tertiary alicyclic amines) is 1. The lowest BCUT2D eigenvalue weighted by Gasteiger charge is -2.23. The molecular weight excluding hydrogens is 242 g/mol. The van der Waals surface area contributed by atoms with Crippen molar-refractivity contribution in [3.8, 4) is 0 Å². The normalized spacial score (nSPS) is 20.2. The van der Waals surface area contributed by atoms with Crippen LogP contribution in [0.3, 0.4) is 0 Å². The van der Waals surface area contributed by atoms with E-state index in [0.717, 1.165) is 51.1 Å². The van der Waals surface area contributed by atoms with Gasteiger partial charge in [-0.25, -0.2) is 4.68 Å². The van der Waals surface area contributed by atoms with Crippen molar-refractivity contribution < 1.29 is 5.11 Å². The van der Waals surface area contributed by atoms with Gasteiger partial charge in [0.25, 0.3) is 0 Å². The molecule has 0 aromatic carbocycles. The summed E-state index contributed by atoms with van der Waals surface area (Å²) in [4.78, 5) is 2.46. The third-order valence-corrected chi connectivity index (χ3v) is 3.87. The molecule has 1 aliphatic rings. The molecule has 1 N–H and O–H groups in total. The topological polar surface area (TPSA) is 67.1 Å². The van der Waals surface area contributed by atoms with Crippen molar-refractivity contribution in [2.24, 2.45) is 0 Å². The Bertz CT molecular complexity index is 368. The Labute approximate surface area is 114 Å². The molecule has 1 unspecified atom stereocenters. The molecule has 1 aromatic rings. The number of aliphatic hydroxyl groups excluding tert-OH is 1. The number of rotatable bonds is 8. The minimum atomic E-state index is 0.290. The third-order valence-electron chi connectivity index (χ3n) is 3.87. The highest BCUT2D eigenvalue weighted by atomic mass is 16.2. The number of aliphatic hydroxyl groups is 1. The second kappa shape index (κ2) is 7.55. The van der Waals surface area contributed by atoms with E-state index in [9.17, 15) is 0 Å². The van der Waals surface area contributed by atoms with Gasteiger partial charge in [-0.05, 0) is 49.1 Å². The first kappa shape index (κ1) is 14.4. The highest BCUT2D eigenvalue weighted by Crippen LogP contribution is 2.22. The number of hydrogen-bond acceptors (Lipinski definition) is 5. The zero-order chi connectivity index (χ0) is 13.5. The molecule has 0 bridgehead atoms. The quantitative estimate of drug-likeness (QED) is 0.767. The summed E-state index contributed by atoms with van der Waals surface area (Å²) in [5.74, 6) is 0.976. The Morgan fingerprint density at radius 3 is 3.05 bits per heavy atom. The van der Waals surface area contributed by atoms with Gasteiger partial charge >= 0.3 is 0 Å². The van der Waals surface area contributed by atoms with E-state index in [0.29, 0.717) is 12.6 Å². The zero-order valence-electron chi connectivity index (χ0n) is 11.8. The SMILES string of the molecule is CCCCn1nnnc1CN1CCCC1CCCO.